The summed E-state index contributed by atoms with van der Waals surface area (Å²) in [6.45, 7) is 2.35. The maximum Gasteiger partial charge on any atom is 0.153 e. The number of rotatable bonds is 2. The molecule has 2 heterocycles. The lowest BCUT2D eigenvalue weighted by molar-refractivity contribution is 0.0277. The van der Waals surface area contributed by atoms with Gasteiger partial charge in [0.05, 0.1) is 18.2 Å². The van der Waals surface area contributed by atoms with Crippen molar-refractivity contribution in [1.29, 1.82) is 0 Å². The highest BCUT2D eigenvalue weighted by atomic mass is 35.5. The van der Waals surface area contributed by atoms with Crippen molar-refractivity contribution in [2.75, 3.05) is 19.7 Å². The number of hydrogen-bond donors (Lipinski definition) is 2. The normalized spacial score (nSPS) is 17.0. The first-order valence-electron chi connectivity index (χ1n) is 7.48. The standard InChI is InChI=1S/C17H15F2N3O.CH4.ClH/c18-12-7-13(19)16-14(8-12)21-17(22-16)11-3-1-10(2-4-11)15-9-20-5-6-23-15;;/h1-4,7-8,15,20H,5-6,9H2,(H,21,22);1H4;1H/t15-;;/m1../s1. The second-order valence-electron chi connectivity index (χ2n) is 5.55. The molecule has 4 rings (SSSR count). The van der Waals surface area contributed by atoms with E-state index in [9.17, 15) is 8.78 Å². The molecule has 25 heavy (non-hydrogen) atoms. The molecular formula is C18H20ClF2N3O. The molecule has 1 aliphatic rings. The number of H-pyrrole nitrogens is 1. The minimum Gasteiger partial charge on any atom is -0.371 e. The van der Waals surface area contributed by atoms with Crippen molar-refractivity contribution in [1.82, 2.24) is 15.3 Å². The molecule has 1 aliphatic heterocycles. The van der Waals surface area contributed by atoms with Gasteiger partial charge in [-0.25, -0.2) is 13.8 Å². The predicted octanol–water partition coefficient (Wildman–Crippen LogP) is 4.23. The summed E-state index contributed by atoms with van der Waals surface area (Å²) in [5, 5.41) is 3.29. The van der Waals surface area contributed by atoms with Gasteiger partial charge in [0.15, 0.2) is 5.82 Å². The SMILES string of the molecule is C.Cl.Fc1cc(F)c2nc(-c3ccc([C@H]4CNCCO4)cc3)[nH]c2c1. The van der Waals surface area contributed by atoms with Crippen LogP contribution in [0.1, 0.15) is 19.1 Å². The highest BCUT2D eigenvalue weighted by molar-refractivity contribution is 5.85. The smallest absolute Gasteiger partial charge is 0.153 e. The van der Waals surface area contributed by atoms with E-state index in [-0.39, 0.29) is 31.5 Å². The topological polar surface area (TPSA) is 49.9 Å². The van der Waals surface area contributed by atoms with Gasteiger partial charge in [0.1, 0.15) is 17.2 Å². The molecule has 0 aliphatic carbocycles. The van der Waals surface area contributed by atoms with Crippen molar-refractivity contribution in [3.05, 3.63) is 53.6 Å². The van der Waals surface area contributed by atoms with Crippen LogP contribution in [0.2, 0.25) is 0 Å². The van der Waals surface area contributed by atoms with E-state index in [0.29, 0.717) is 17.9 Å². The molecule has 0 spiro atoms. The Hall–Kier alpha value is -2.02. The van der Waals surface area contributed by atoms with Crippen molar-refractivity contribution in [2.45, 2.75) is 13.5 Å². The van der Waals surface area contributed by atoms with Gasteiger partial charge < -0.3 is 15.0 Å². The molecule has 3 aromatic rings. The largest absolute Gasteiger partial charge is 0.371 e. The van der Waals surface area contributed by atoms with Crippen LogP contribution in [0.15, 0.2) is 36.4 Å². The number of hydrogen-bond acceptors (Lipinski definition) is 3. The summed E-state index contributed by atoms with van der Waals surface area (Å²) >= 11 is 0. The summed E-state index contributed by atoms with van der Waals surface area (Å²) in [4.78, 5) is 7.18. The molecule has 0 radical (unpaired) electrons. The molecule has 2 aromatic carbocycles. The first-order valence-corrected chi connectivity index (χ1v) is 7.48. The fourth-order valence-electron chi connectivity index (χ4n) is 2.81. The number of ether oxygens (including phenoxy) is 1. The number of halogens is 3. The third-order valence-corrected chi connectivity index (χ3v) is 3.99. The summed E-state index contributed by atoms with van der Waals surface area (Å²) in [5.41, 5.74) is 2.38. The number of aromatic amines is 1. The van der Waals surface area contributed by atoms with Crippen LogP contribution >= 0.6 is 12.4 Å². The number of nitrogens with one attached hydrogen (secondary N) is 2. The minimum absolute atomic E-state index is 0. The Balaban J connectivity index is 0.00000113. The minimum atomic E-state index is -0.666. The van der Waals surface area contributed by atoms with Gasteiger partial charge >= 0.3 is 0 Å². The molecule has 0 bridgehead atoms. The first kappa shape index (κ1) is 19.3. The van der Waals surface area contributed by atoms with Gasteiger partial charge in [-0.15, -0.1) is 12.4 Å². The number of fused-ring (bicyclic) bond motifs is 1. The van der Waals surface area contributed by atoms with Crippen molar-refractivity contribution in [3.63, 3.8) is 0 Å². The zero-order valence-corrected chi connectivity index (χ0v) is 13.5. The molecular weight excluding hydrogens is 348 g/mol. The second-order valence-corrected chi connectivity index (χ2v) is 5.55. The average Bonchev–Trinajstić information content (AvgIpc) is 3.00. The highest BCUT2D eigenvalue weighted by Gasteiger charge is 2.16. The van der Waals surface area contributed by atoms with Crippen molar-refractivity contribution >= 4 is 23.4 Å². The lowest BCUT2D eigenvalue weighted by Crippen LogP contribution is -2.33. The van der Waals surface area contributed by atoms with Crippen LogP contribution in [0.5, 0.6) is 0 Å². The molecule has 2 N–H and O–H groups in total. The van der Waals surface area contributed by atoms with Crippen LogP contribution in [0.3, 0.4) is 0 Å². The highest BCUT2D eigenvalue weighted by Crippen LogP contribution is 2.25. The maximum atomic E-state index is 13.7. The van der Waals surface area contributed by atoms with Crippen molar-refractivity contribution in [3.8, 4) is 11.4 Å². The molecule has 0 unspecified atom stereocenters. The Labute approximate surface area is 151 Å². The molecule has 1 saturated heterocycles. The quantitative estimate of drug-likeness (QED) is 0.712. The molecule has 0 saturated carbocycles. The zero-order chi connectivity index (χ0) is 15.8. The van der Waals surface area contributed by atoms with Crippen LogP contribution in [-0.4, -0.2) is 29.7 Å². The summed E-state index contributed by atoms with van der Waals surface area (Å²) in [6, 6.07) is 9.82. The average molecular weight is 368 g/mol. The van der Waals surface area contributed by atoms with Crippen LogP contribution < -0.4 is 5.32 Å². The Morgan fingerprint density at radius 2 is 1.88 bits per heavy atom. The molecule has 134 valence electrons. The third kappa shape index (κ3) is 3.81. The van der Waals surface area contributed by atoms with Crippen LogP contribution in [0, 0.1) is 11.6 Å². The molecule has 7 heteroatoms. The molecule has 1 atom stereocenters. The van der Waals surface area contributed by atoms with E-state index in [0.717, 1.165) is 30.3 Å². The first-order chi connectivity index (χ1) is 11.2. The summed E-state index contributed by atoms with van der Waals surface area (Å²) < 4.78 is 32.7. The number of imidazole rings is 1. The molecule has 4 nitrogen and oxygen atoms in total. The predicted molar refractivity (Wildman–Crippen MR) is 97.0 cm³/mol. The fourth-order valence-corrected chi connectivity index (χ4v) is 2.81. The Bertz CT molecular complexity index is 845. The Morgan fingerprint density at radius 3 is 2.56 bits per heavy atom. The lowest BCUT2D eigenvalue weighted by Gasteiger charge is -2.24. The second kappa shape index (κ2) is 7.91. The van der Waals surface area contributed by atoms with Crippen molar-refractivity contribution < 1.29 is 13.5 Å². The number of morpholine rings is 1. The van der Waals surface area contributed by atoms with E-state index >= 15 is 0 Å². The molecule has 1 aromatic heterocycles. The summed E-state index contributed by atoms with van der Waals surface area (Å²) in [7, 11) is 0. The van der Waals surface area contributed by atoms with Gasteiger partial charge in [-0.1, -0.05) is 31.7 Å². The molecule has 1 fully saturated rings. The third-order valence-electron chi connectivity index (χ3n) is 3.99. The monoisotopic (exact) mass is 367 g/mol. The van der Waals surface area contributed by atoms with Gasteiger partial charge in [0, 0.05) is 24.7 Å². The fraction of sp³-hybridized carbons (Fsp3) is 0.278. The van der Waals surface area contributed by atoms with Crippen molar-refractivity contribution in [2.24, 2.45) is 0 Å². The van der Waals surface area contributed by atoms with E-state index in [4.69, 9.17) is 4.74 Å². The van der Waals surface area contributed by atoms with E-state index < -0.39 is 11.6 Å². The number of benzene rings is 2. The molecule has 0 amide bonds. The summed E-state index contributed by atoms with van der Waals surface area (Å²) in [5.74, 6) is -0.776. The van der Waals surface area contributed by atoms with Crippen LogP contribution in [0.4, 0.5) is 8.78 Å². The van der Waals surface area contributed by atoms with E-state index in [1.54, 1.807) is 0 Å². The van der Waals surface area contributed by atoms with E-state index in [2.05, 4.69) is 15.3 Å². The van der Waals surface area contributed by atoms with Gasteiger partial charge in [0.25, 0.3) is 0 Å². The van der Waals surface area contributed by atoms with E-state index in [1.165, 1.54) is 6.07 Å². The Kier molecular flexibility index (Phi) is 6.11. The maximum absolute atomic E-state index is 13.7. The number of aromatic nitrogens is 2. The van der Waals surface area contributed by atoms with Crippen LogP contribution in [0.25, 0.3) is 22.4 Å². The van der Waals surface area contributed by atoms with Gasteiger partial charge in [0.2, 0.25) is 0 Å². The van der Waals surface area contributed by atoms with E-state index in [1.807, 2.05) is 24.3 Å². The van der Waals surface area contributed by atoms with Gasteiger partial charge in [-0.05, 0) is 11.6 Å². The van der Waals surface area contributed by atoms with Gasteiger partial charge in [-0.3, -0.25) is 0 Å². The van der Waals surface area contributed by atoms with Gasteiger partial charge in [-0.2, -0.15) is 0 Å². The number of nitrogens with zero attached hydrogens (tertiary/aromatic N) is 1. The summed E-state index contributed by atoms with van der Waals surface area (Å²) in [6.07, 6.45) is 0.0417. The lowest BCUT2D eigenvalue weighted by atomic mass is 10.1. The Morgan fingerprint density at radius 1 is 1.12 bits per heavy atom. The van der Waals surface area contributed by atoms with Crippen LogP contribution in [-0.2, 0) is 4.74 Å². The zero-order valence-electron chi connectivity index (χ0n) is 12.7.